The topological polar surface area (TPSA) is 79.1 Å². The number of carbonyl (C=O) groups is 1. The van der Waals surface area contributed by atoms with Crippen LogP contribution in [0.2, 0.25) is 0 Å². The summed E-state index contributed by atoms with van der Waals surface area (Å²) in [5.74, 6) is 2.18. The number of carbonyl (C=O) groups excluding carboxylic acids is 1. The summed E-state index contributed by atoms with van der Waals surface area (Å²) in [7, 11) is 3.44. The van der Waals surface area contributed by atoms with Gasteiger partial charge in [-0.25, -0.2) is 4.99 Å². The quantitative estimate of drug-likeness (QED) is 0.373. The highest BCUT2D eigenvalue weighted by atomic mass is 16.5. The highest BCUT2D eigenvalue weighted by molar-refractivity contribution is 5.86. The van der Waals surface area contributed by atoms with Crippen LogP contribution in [0.5, 0.6) is 5.75 Å². The average Bonchev–Trinajstić information content (AvgIpc) is 3.21. The summed E-state index contributed by atoms with van der Waals surface area (Å²) < 4.78 is 11.0. The molecule has 1 amide bonds. The number of para-hydroxylation sites is 1. The molecule has 2 N–H and O–H groups in total. The molecule has 0 bridgehead atoms. The van der Waals surface area contributed by atoms with Gasteiger partial charge in [-0.15, -0.1) is 0 Å². The van der Waals surface area contributed by atoms with Crippen LogP contribution in [0.4, 0.5) is 0 Å². The van der Waals surface area contributed by atoms with E-state index in [0.29, 0.717) is 32.1 Å². The number of hydrogen-bond donors (Lipinski definition) is 2. The highest BCUT2D eigenvalue weighted by Gasteiger charge is 2.07. The number of aliphatic imine (C=N–C) groups is 1. The monoisotopic (exact) mass is 384 g/mol. The van der Waals surface area contributed by atoms with Crippen molar-refractivity contribution in [1.82, 2.24) is 15.5 Å². The van der Waals surface area contributed by atoms with E-state index in [9.17, 15) is 4.79 Å². The molecule has 1 heterocycles. The standard InChI is InChI=1S/C21H28N4O3/c1-4-13-28-19-10-6-5-8-17(19)15-23-21(24-16-20(26)25(2)3)22-12-11-18-9-7-14-27-18/h4-10,14H,1,11-13,15-16H2,2-3H3,(H2,22,23,24). The third kappa shape index (κ3) is 7.19. The molecule has 2 aromatic rings. The predicted octanol–water partition coefficient (Wildman–Crippen LogP) is 2.21. The van der Waals surface area contributed by atoms with Crippen LogP contribution in [0.3, 0.4) is 0 Å². The number of guanidine groups is 1. The SMILES string of the molecule is C=CCOc1ccccc1CN=C(NCCc1ccco1)NCC(=O)N(C)C. The number of ether oxygens (including phenoxy) is 1. The maximum Gasteiger partial charge on any atom is 0.241 e. The number of hydrogen-bond acceptors (Lipinski definition) is 4. The van der Waals surface area contributed by atoms with Crippen molar-refractivity contribution in [3.8, 4) is 5.75 Å². The summed E-state index contributed by atoms with van der Waals surface area (Å²) >= 11 is 0. The minimum absolute atomic E-state index is 0.0322. The second-order valence-electron chi connectivity index (χ2n) is 6.27. The fraction of sp³-hybridized carbons (Fsp3) is 0.333. The zero-order chi connectivity index (χ0) is 20.2. The number of amides is 1. The van der Waals surface area contributed by atoms with Crippen LogP contribution in [0.1, 0.15) is 11.3 Å². The zero-order valence-corrected chi connectivity index (χ0v) is 16.5. The Kier molecular flexibility index (Phi) is 8.65. The van der Waals surface area contributed by atoms with Gasteiger partial charge in [0.25, 0.3) is 0 Å². The maximum atomic E-state index is 11.9. The van der Waals surface area contributed by atoms with Gasteiger partial charge in [0.05, 0.1) is 19.4 Å². The Morgan fingerprint density at radius 1 is 1.25 bits per heavy atom. The first-order chi connectivity index (χ1) is 13.6. The van der Waals surface area contributed by atoms with Crippen molar-refractivity contribution >= 4 is 11.9 Å². The van der Waals surface area contributed by atoms with Gasteiger partial charge in [-0.2, -0.15) is 0 Å². The maximum absolute atomic E-state index is 11.9. The molecule has 0 saturated carbocycles. The third-order valence-electron chi connectivity index (χ3n) is 3.89. The molecule has 0 atom stereocenters. The number of rotatable bonds is 10. The van der Waals surface area contributed by atoms with Crippen molar-refractivity contribution < 1.29 is 13.9 Å². The first-order valence-corrected chi connectivity index (χ1v) is 9.16. The van der Waals surface area contributed by atoms with Gasteiger partial charge in [0.1, 0.15) is 18.1 Å². The van der Waals surface area contributed by atoms with Crippen LogP contribution < -0.4 is 15.4 Å². The lowest BCUT2D eigenvalue weighted by molar-refractivity contribution is -0.127. The Bertz CT molecular complexity index is 770. The van der Waals surface area contributed by atoms with Gasteiger partial charge < -0.3 is 24.7 Å². The molecule has 0 aliphatic heterocycles. The van der Waals surface area contributed by atoms with Crippen LogP contribution in [-0.4, -0.2) is 50.6 Å². The molecule has 0 radical (unpaired) electrons. The summed E-state index contributed by atoms with van der Waals surface area (Å²) in [5.41, 5.74) is 0.954. The lowest BCUT2D eigenvalue weighted by Gasteiger charge is -2.15. The van der Waals surface area contributed by atoms with Crippen LogP contribution in [0.25, 0.3) is 0 Å². The Morgan fingerprint density at radius 3 is 2.79 bits per heavy atom. The first-order valence-electron chi connectivity index (χ1n) is 9.16. The molecule has 0 fully saturated rings. The second-order valence-corrected chi connectivity index (χ2v) is 6.27. The lowest BCUT2D eigenvalue weighted by Crippen LogP contribution is -2.43. The van der Waals surface area contributed by atoms with E-state index in [1.807, 2.05) is 36.4 Å². The van der Waals surface area contributed by atoms with Crippen molar-refractivity contribution in [2.45, 2.75) is 13.0 Å². The molecule has 7 heteroatoms. The molecule has 0 spiro atoms. The third-order valence-corrected chi connectivity index (χ3v) is 3.89. The normalized spacial score (nSPS) is 11.0. The van der Waals surface area contributed by atoms with E-state index in [0.717, 1.165) is 17.1 Å². The summed E-state index contributed by atoms with van der Waals surface area (Å²) in [6.45, 7) is 5.31. The van der Waals surface area contributed by atoms with E-state index in [-0.39, 0.29) is 12.5 Å². The molecule has 0 saturated heterocycles. The highest BCUT2D eigenvalue weighted by Crippen LogP contribution is 2.18. The van der Waals surface area contributed by atoms with Crippen LogP contribution >= 0.6 is 0 Å². The average molecular weight is 384 g/mol. The molecule has 1 aromatic heterocycles. The zero-order valence-electron chi connectivity index (χ0n) is 16.5. The molecule has 28 heavy (non-hydrogen) atoms. The molecular weight excluding hydrogens is 356 g/mol. The van der Waals surface area contributed by atoms with Gasteiger partial charge in [0, 0.05) is 32.6 Å². The first kappa shape index (κ1) is 21.1. The van der Waals surface area contributed by atoms with Crippen LogP contribution in [0, 0.1) is 0 Å². The molecular formula is C21H28N4O3. The minimum Gasteiger partial charge on any atom is -0.489 e. The summed E-state index contributed by atoms with van der Waals surface area (Å²) in [5, 5.41) is 6.31. The van der Waals surface area contributed by atoms with Gasteiger partial charge in [0.15, 0.2) is 5.96 Å². The molecule has 0 unspecified atom stereocenters. The van der Waals surface area contributed by atoms with E-state index in [1.165, 1.54) is 4.90 Å². The van der Waals surface area contributed by atoms with Crippen LogP contribution in [-0.2, 0) is 17.8 Å². The lowest BCUT2D eigenvalue weighted by atomic mass is 10.2. The van der Waals surface area contributed by atoms with Gasteiger partial charge in [-0.3, -0.25) is 4.79 Å². The van der Waals surface area contributed by atoms with Crippen molar-refractivity contribution in [2.24, 2.45) is 4.99 Å². The van der Waals surface area contributed by atoms with Gasteiger partial charge in [0.2, 0.25) is 5.91 Å². The van der Waals surface area contributed by atoms with Crippen molar-refractivity contribution in [1.29, 1.82) is 0 Å². The minimum atomic E-state index is -0.0322. The fourth-order valence-corrected chi connectivity index (χ4v) is 2.34. The van der Waals surface area contributed by atoms with E-state index in [2.05, 4.69) is 22.2 Å². The van der Waals surface area contributed by atoms with Crippen molar-refractivity contribution in [3.63, 3.8) is 0 Å². The van der Waals surface area contributed by atoms with Crippen molar-refractivity contribution in [2.75, 3.05) is 33.8 Å². The Morgan fingerprint density at radius 2 is 2.07 bits per heavy atom. The smallest absolute Gasteiger partial charge is 0.241 e. The van der Waals surface area contributed by atoms with Gasteiger partial charge >= 0.3 is 0 Å². The molecule has 7 nitrogen and oxygen atoms in total. The summed E-state index contributed by atoms with van der Waals surface area (Å²) in [6.07, 6.45) is 4.07. The number of furan rings is 1. The number of nitrogens with zero attached hydrogens (tertiary/aromatic N) is 2. The van der Waals surface area contributed by atoms with E-state index in [1.54, 1.807) is 26.4 Å². The fourth-order valence-electron chi connectivity index (χ4n) is 2.34. The number of nitrogens with one attached hydrogen (secondary N) is 2. The van der Waals surface area contributed by atoms with E-state index >= 15 is 0 Å². The molecule has 150 valence electrons. The predicted molar refractivity (Wildman–Crippen MR) is 110 cm³/mol. The summed E-state index contributed by atoms with van der Waals surface area (Å²) in [6, 6.07) is 11.5. The summed E-state index contributed by atoms with van der Waals surface area (Å²) in [4.78, 5) is 18.0. The molecule has 0 aliphatic rings. The van der Waals surface area contributed by atoms with E-state index < -0.39 is 0 Å². The largest absolute Gasteiger partial charge is 0.489 e. The van der Waals surface area contributed by atoms with Gasteiger partial charge in [-0.1, -0.05) is 30.9 Å². The van der Waals surface area contributed by atoms with Gasteiger partial charge in [-0.05, 0) is 18.2 Å². The number of benzene rings is 1. The Hall–Kier alpha value is -3.22. The Balaban J connectivity index is 2.01. The molecule has 0 aliphatic carbocycles. The van der Waals surface area contributed by atoms with E-state index in [4.69, 9.17) is 9.15 Å². The second kappa shape index (κ2) is 11.5. The van der Waals surface area contributed by atoms with Crippen molar-refractivity contribution in [3.05, 3.63) is 66.6 Å². The van der Waals surface area contributed by atoms with Crippen LogP contribution in [0.15, 0.2) is 64.7 Å². The molecule has 2 rings (SSSR count). The Labute approximate surface area is 166 Å². The molecule has 1 aromatic carbocycles. The number of likely N-dealkylation sites (N-methyl/N-ethyl adjacent to an activating group) is 1.